The highest BCUT2D eigenvalue weighted by molar-refractivity contribution is 8.44. The van der Waals surface area contributed by atoms with E-state index in [1.54, 1.807) is 16.7 Å². The Morgan fingerprint density at radius 3 is 2.59 bits per heavy atom. The smallest absolute Gasteiger partial charge is 0.386 e. The Labute approximate surface area is 278 Å². The van der Waals surface area contributed by atoms with Gasteiger partial charge in [0.25, 0.3) is 0 Å². The highest BCUT2D eigenvalue weighted by Gasteiger charge is 2.50. The topological polar surface area (TPSA) is 252 Å². The molecule has 24 heteroatoms. The molecule has 2 aliphatic rings. The Hall–Kier alpha value is -1.71. The van der Waals surface area contributed by atoms with Crippen LogP contribution in [0.2, 0.25) is 10.0 Å². The first-order valence-electron chi connectivity index (χ1n) is 13.2. The molecular weight excluding hydrogens is 735 g/mol. The standard InChI is InChI=1S/C22H25Cl2N7O11P2S2/c23-8-1-10-11(2-9(8)24)30(7-28-10)15-3-12(32)13(40-15)4-39-44(37,46)42-18-17(33)14(5-38-43(35,36)45)41-21(18)31-20-16(29-22(31)34)19(25)26-6-27-20/h1-2,6-7,12-15,17-18,21,32-33H,3-5H2,(H,29,34)(H,37,46)(H2,25,26,27)(H2,35,36,45)/t12-,13-,14-,15-,17-,18?,21-,44?/m1/s1. The maximum Gasteiger partial charge on any atom is 0.386 e. The average Bonchev–Trinajstić information content (AvgIpc) is 3.71. The first-order chi connectivity index (χ1) is 21.6. The van der Waals surface area contributed by atoms with Crippen molar-refractivity contribution in [2.75, 3.05) is 18.9 Å². The molecule has 250 valence electrons. The zero-order valence-corrected chi connectivity index (χ0v) is 27.9. The molecule has 18 nitrogen and oxygen atoms in total. The number of aliphatic hydroxyl groups is 2. The van der Waals surface area contributed by atoms with Crippen LogP contribution in [0.4, 0.5) is 5.82 Å². The number of nitrogen functional groups attached to an aromatic ring is 1. The van der Waals surface area contributed by atoms with Crippen LogP contribution in [-0.4, -0.2) is 92.8 Å². The molecule has 46 heavy (non-hydrogen) atoms. The minimum absolute atomic E-state index is 0.0432. The van der Waals surface area contributed by atoms with E-state index in [9.17, 15) is 29.4 Å². The highest BCUT2D eigenvalue weighted by Crippen LogP contribution is 2.57. The van der Waals surface area contributed by atoms with Crippen LogP contribution in [0.1, 0.15) is 18.9 Å². The average molecular weight is 760 g/mol. The fourth-order valence-corrected chi connectivity index (χ4v) is 7.48. The summed E-state index contributed by atoms with van der Waals surface area (Å²) in [5.74, 6) is -0.0646. The number of aromatic amines is 1. The van der Waals surface area contributed by atoms with E-state index in [0.717, 1.165) is 10.9 Å². The summed E-state index contributed by atoms with van der Waals surface area (Å²) < 4.78 is 43.7. The van der Waals surface area contributed by atoms with Crippen LogP contribution in [0.3, 0.4) is 0 Å². The van der Waals surface area contributed by atoms with Gasteiger partial charge in [-0.2, -0.15) is 0 Å². The van der Waals surface area contributed by atoms with E-state index < -0.39 is 75.4 Å². The summed E-state index contributed by atoms with van der Waals surface area (Å²) in [6.45, 7) is -9.69. The van der Waals surface area contributed by atoms with E-state index in [2.05, 4.69) is 44.0 Å². The van der Waals surface area contributed by atoms with Crippen LogP contribution in [0, 0.1) is 0 Å². The number of thiol groups is 1. The number of aliphatic hydroxyl groups excluding tert-OH is 2. The van der Waals surface area contributed by atoms with Crippen molar-refractivity contribution in [1.29, 1.82) is 0 Å². The van der Waals surface area contributed by atoms with Gasteiger partial charge in [-0.25, -0.2) is 28.9 Å². The Balaban J connectivity index is 1.19. The Morgan fingerprint density at radius 2 is 1.85 bits per heavy atom. The lowest BCUT2D eigenvalue weighted by atomic mass is 10.1. The third-order valence-corrected chi connectivity index (χ3v) is 10.4. The van der Waals surface area contributed by atoms with Gasteiger partial charge in [-0.1, -0.05) is 35.5 Å². The molecule has 3 aromatic heterocycles. The number of rotatable bonds is 10. The second kappa shape index (κ2) is 13.0. The van der Waals surface area contributed by atoms with E-state index >= 15 is 0 Å². The number of H-pyrrole nitrogens is 1. The number of nitrogens with two attached hydrogens (primary N) is 1. The van der Waals surface area contributed by atoms with Gasteiger partial charge >= 0.3 is 19.2 Å². The molecule has 1 aromatic carbocycles. The number of nitrogens with one attached hydrogen (secondary N) is 1. The molecule has 4 aromatic rings. The molecule has 8 atom stereocenters. The van der Waals surface area contributed by atoms with Crippen molar-refractivity contribution in [1.82, 2.24) is 29.1 Å². The van der Waals surface area contributed by atoms with Crippen molar-refractivity contribution in [3.63, 3.8) is 0 Å². The van der Waals surface area contributed by atoms with Gasteiger partial charge in [-0.15, -0.1) is 0 Å². The predicted molar refractivity (Wildman–Crippen MR) is 169 cm³/mol. The van der Waals surface area contributed by atoms with Gasteiger partial charge in [0, 0.05) is 6.42 Å². The minimum atomic E-state index is -4.42. The maximum atomic E-state index is 13.5. The summed E-state index contributed by atoms with van der Waals surface area (Å²) >= 11 is 20.7. The highest BCUT2D eigenvalue weighted by atomic mass is 35.5. The summed E-state index contributed by atoms with van der Waals surface area (Å²) in [4.78, 5) is 46.6. The number of benzene rings is 1. The zero-order valence-electron chi connectivity index (χ0n) is 22.9. The molecule has 2 fully saturated rings. The zero-order chi connectivity index (χ0) is 33.1. The SMILES string of the molecule is Nc1ncnc2c1[nH]c(=O)n2[C@@H]1O[C@H](COP(O)(O)=S)[C@@H](O)C1OP(=O)(S)OC[C@H]1O[C@@H](n2cnc3cc(Cl)c(Cl)cc32)C[C@H]1O. The van der Waals surface area contributed by atoms with Crippen molar-refractivity contribution >= 4 is 88.8 Å². The Morgan fingerprint density at radius 1 is 1.13 bits per heavy atom. The van der Waals surface area contributed by atoms with E-state index in [-0.39, 0.29) is 23.4 Å². The molecule has 2 unspecified atom stereocenters. The molecule has 0 amide bonds. The van der Waals surface area contributed by atoms with Crippen molar-refractivity contribution in [2.45, 2.75) is 49.4 Å². The second-order valence-electron chi connectivity index (χ2n) is 10.3. The maximum absolute atomic E-state index is 13.5. The van der Waals surface area contributed by atoms with Crippen molar-refractivity contribution in [3.8, 4) is 0 Å². The lowest BCUT2D eigenvalue weighted by molar-refractivity contribution is -0.0522. The fourth-order valence-electron chi connectivity index (χ4n) is 5.18. The normalized spacial score (nSPS) is 28.4. The first-order valence-corrected chi connectivity index (χ1v) is 19.2. The number of imidazole rings is 2. The van der Waals surface area contributed by atoms with Crippen LogP contribution >= 0.6 is 49.0 Å². The molecule has 0 saturated carbocycles. The first kappa shape index (κ1) is 34.2. The lowest BCUT2D eigenvalue weighted by Crippen LogP contribution is -2.37. The van der Waals surface area contributed by atoms with Crippen LogP contribution in [-0.2, 0) is 39.4 Å². The van der Waals surface area contributed by atoms with E-state index in [1.165, 1.54) is 6.33 Å². The summed E-state index contributed by atoms with van der Waals surface area (Å²) in [5.41, 5.74) is 6.21. The fraction of sp³-hybridized carbons (Fsp3) is 0.455. The summed E-state index contributed by atoms with van der Waals surface area (Å²) in [7, 11) is 0. The van der Waals surface area contributed by atoms with Gasteiger partial charge in [0.05, 0.1) is 46.7 Å². The van der Waals surface area contributed by atoms with Gasteiger partial charge in [0.1, 0.15) is 42.5 Å². The predicted octanol–water partition coefficient (Wildman–Crippen LogP) is 1.63. The molecule has 7 N–H and O–H groups in total. The summed E-state index contributed by atoms with van der Waals surface area (Å²) in [6.07, 6.45) is -6.28. The molecule has 0 aliphatic carbocycles. The number of aromatic nitrogens is 6. The number of ether oxygens (including phenoxy) is 2. The van der Waals surface area contributed by atoms with Crippen molar-refractivity contribution < 1.29 is 47.6 Å². The second-order valence-corrected chi connectivity index (χ2v) is 16.6. The number of nitrogens with zero attached hydrogens (tertiary/aromatic N) is 5. The van der Waals surface area contributed by atoms with E-state index in [0.29, 0.717) is 21.1 Å². The van der Waals surface area contributed by atoms with Crippen molar-refractivity contribution in [2.24, 2.45) is 0 Å². The molecule has 6 rings (SSSR count). The summed E-state index contributed by atoms with van der Waals surface area (Å²) in [5, 5.41) is 22.4. The summed E-state index contributed by atoms with van der Waals surface area (Å²) in [6, 6.07) is 3.21. The quantitative estimate of drug-likeness (QED) is 0.0896. The molecule has 0 radical (unpaired) electrons. The molecule has 2 saturated heterocycles. The van der Waals surface area contributed by atoms with Gasteiger partial charge in [-0.05, 0) is 23.9 Å². The molecule has 0 spiro atoms. The van der Waals surface area contributed by atoms with Crippen LogP contribution in [0.5, 0.6) is 0 Å². The van der Waals surface area contributed by atoms with Gasteiger partial charge < -0.3 is 49.3 Å². The third-order valence-electron chi connectivity index (χ3n) is 7.30. The van der Waals surface area contributed by atoms with Gasteiger partial charge in [0.15, 0.2) is 17.7 Å². The monoisotopic (exact) mass is 759 g/mol. The van der Waals surface area contributed by atoms with Crippen molar-refractivity contribution in [3.05, 3.63) is 45.3 Å². The van der Waals surface area contributed by atoms with Crippen LogP contribution in [0.25, 0.3) is 22.2 Å². The van der Waals surface area contributed by atoms with E-state index in [4.69, 9.17) is 52.0 Å². The lowest BCUT2D eigenvalue weighted by Gasteiger charge is -2.25. The Kier molecular flexibility index (Phi) is 9.63. The third kappa shape index (κ3) is 6.89. The number of hydrogen-bond donors (Lipinski definition) is 7. The molecule has 5 heterocycles. The molecular formula is C22H25Cl2N7O11P2S2. The molecule has 0 bridgehead atoms. The number of anilines is 1. The number of hydrogen-bond acceptors (Lipinski definition) is 14. The minimum Gasteiger partial charge on any atom is -0.390 e. The molecule has 2 aliphatic heterocycles. The number of fused-ring (bicyclic) bond motifs is 2. The van der Waals surface area contributed by atoms with Crippen LogP contribution < -0.4 is 11.4 Å². The van der Waals surface area contributed by atoms with E-state index in [1.807, 2.05) is 0 Å². The van der Waals surface area contributed by atoms with Gasteiger partial charge in [-0.3, -0.25) is 9.05 Å². The van der Waals surface area contributed by atoms with Gasteiger partial charge in [0.2, 0.25) is 0 Å². The largest absolute Gasteiger partial charge is 0.390 e. The van der Waals surface area contributed by atoms with Crippen LogP contribution in [0.15, 0.2) is 29.6 Å². The number of halogens is 2. The Bertz CT molecular complexity index is 1940.